The molecular formula is C8H14N4O. The summed E-state index contributed by atoms with van der Waals surface area (Å²) in [5.74, 6) is 1.84. The first kappa shape index (κ1) is 8.65. The zero-order valence-corrected chi connectivity index (χ0v) is 7.86. The summed E-state index contributed by atoms with van der Waals surface area (Å²) in [6.45, 7) is 3.34. The molecule has 1 saturated heterocycles. The van der Waals surface area contributed by atoms with E-state index in [1.54, 1.807) is 0 Å². The van der Waals surface area contributed by atoms with Crippen molar-refractivity contribution in [2.24, 2.45) is 7.05 Å². The molecule has 2 N–H and O–H groups in total. The molecule has 5 heteroatoms. The van der Waals surface area contributed by atoms with Crippen LogP contribution >= 0.6 is 0 Å². The van der Waals surface area contributed by atoms with E-state index in [1.807, 2.05) is 18.5 Å². The summed E-state index contributed by atoms with van der Waals surface area (Å²) in [4.78, 5) is 0. The molecule has 1 aromatic heterocycles. The van der Waals surface area contributed by atoms with Gasteiger partial charge in [0.05, 0.1) is 12.0 Å². The summed E-state index contributed by atoms with van der Waals surface area (Å²) in [5.41, 5.74) is 0. The van der Waals surface area contributed by atoms with Gasteiger partial charge in [0.2, 0.25) is 0 Å². The fourth-order valence-electron chi connectivity index (χ4n) is 1.67. The lowest BCUT2D eigenvalue weighted by atomic mass is 10.1. The number of aryl methyl sites for hydroxylation is 1. The molecule has 13 heavy (non-hydrogen) atoms. The maximum Gasteiger partial charge on any atom is 0.139 e. The van der Waals surface area contributed by atoms with Crippen LogP contribution in [0.25, 0.3) is 0 Å². The van der Waals surface area contributed by atoms with Gasteiger partial charge in [-0.25, -0.2) is 0 Å². The van der Waals surface area contributed by atoms with E-state index in [9.17, 15) is 5.11 Å². The van der Waals surface area contributed by atoms with E-state index in [0.717, 1.165) is 18.2 Å². The fourth-order valence-corrected chi connectivity index (χ4v) is 1.67. The maximum atomic E-state index is 9.63. The molecule has 2 heterocycles. The number of rotatable bonds is 1. The summed E-state index contributed by atoms with van der Waals surface area (Å²) < 4.78 is 1.93. The van der Waals surface area contributed by atoms with Gasteiger partial charge in [0.15, 0.2) is 0 Å². The van der Waals surface area contributed by atoms with Crippen LogP contribution in [0.2, 0.25) is 0 Å². The van der Waals surface area contributed by atoms with Crippen molar-refractivity contribution in [3.05, 3.63) is 11.6 Å². The Morgan fingerprint density at radius 1 is 1.46 bits per heavy atom. The Morgan fingerprint density at radius 3 is 2.69 bits per heavy atom. The highest BCUT2D eigenvalue weighted by Crippen LogP contribution is 2.20. The van der Waals surface area contributed by atoms with Crippen LogP contribution in [0.3, 0.4) is 0 Å². The quantitative estimate of drug-likeness (QED) is 0.595. The second-order valence-corrected chi connectivity index (χ2v) is 3.50. The molecule has 5 nitrogen and oxygen atoms in total. The molecule has 0 amide bonds. The minimum absolute atomic E-state index is 0.0891. The van der Waals surface area contributed by atoms with Crippen molar-refractivity contribution >= 4 is 0 Å². The second kappa shape index (κ2) is 3.08. The number of hydrogen-bond acceptors (Lipinski definition) is 4. The second-order valence-electron chi connectivity index (χ2n) is 3.50. The van der Waals surface area contributed by atoms with Gasteiger partial charge < -0.3 is 15.0 Å². The minimum Gasteiger partial charge on any atom is -0.391 e. The number of β-amino-alcohol motifs (C(OH)–C–C–N with tert-alkyl or cyclic N) is 1. The summed E-state index contributed by atoms with van der Waals surface area (Å²) in [6.07, 6.45) is -0.331. The van der Waals surface area contributed by atoms with Crippen LogP contribution in [-0.2, 0) is 7.05 Å². The molecule has 0 radical (unpaired) electrons. The van der Waals surface area contributed by atoms with Crippen LogP contribution < -0.4 is 5.32 Å². The molecule has 0 aromatic carbocycles. The average molecular weight is 182 g/mol. The molecule has 1 fully saturated rings. The number of aliphatic hydroxyl groups excluding tert-OH is 1. The van der Waals surface area contributed by atoms with Gasteiger partial charge >= 0.3 is 0 Å². The highest BCUT2D eigenvalue weighted by Gasteiger charge is 2.30. The number of nitrogens with zero attached hydrogens (tertiary/aromatic N) is 3. The maximum absolute atomic E-state index is 9.63. The van der Waals surface area contributed by atoms with Gasteiger partial charge in [-0.05, 0) is 6.92 Å². The van der Waals surface area contributed by atoms with E-state index >= 15 is 0 Å². The van der Waals surface area contributed by atoms with Crippen molar-refractivity contribution in [2.75, 3.05) is 13.1 Å². The van der Waals surface area contributed by atoms with Crippen LogP contribution in [-0.4, -0.2) is 39.1 Å². The van der Waals surface area contributed by atoms with Gasteiger partial charge in [-0.1, -0.05) is 0 Å². The highest BCUT2D eigenvalue weighted by molar-refractivity contribution is 5.06. The smallest absolute Gasteiger partial charge is 0.139 e. The molecule has 2 rings (SSSR count). The van der Waals surface area contributed by atoms with Gasteiger partial charge in [-0.15, -0.1) is 10.2 Å². The fraction of sp³-hybridized carbons (Fsp3) is 0.750. The normalized spacial score (nSPS) is 28.2. The topological polar surface area (TPSA) is 63.0 Å². The summed E-state index contributed by atoms with van der Waals surface area (Å²) >= 11 is 0. The van der Waals surface area contributed by atoms with Crippen molar-refractivity contribution in [1.29, 1.82) is 0 Å². The Balaban J connectivity index is 2.29. The predicted molar refractivity (Wildman–Crippen MR) is 47.4 cm³/mol. The number of aliphatic hydroxyl groups is 1. The lowest BCUT2D eigenvalue weighted by Gasteiger charge is -2.11. The number of nitrogens with one attached hydrogen (secondary N) is 1. The van der Waals surface area contributed by atoms with Gasteiger partial charge in [0.1, 0.15) is 11.6 Å². The molecule has 0 aliphatic carbocycles. The molecule has 0 spiro atoms. The molecule has 2 atom stereocenters. The molecule has 1 aliphatic rings. The van der Waals surface area contributed by atoms with Gasteiger partial charge in [0.25, 0.3) is 0 Å². The van der Waals surface area contributed by atoms with Gasteiger partial charge in [0, 0.05) is 20.1 Å². The van der Waals surface area contributed by atoms with Crippen LogP contribution in [0, 0.1) is 6.92 Å². The van der Waals surface area contributed by atoms with Crippen molar-refractivity contribution in [2.45, 2.75) is 18.9 Å². The SMILES string of the molecule is Cc1nnc(C2CNCC2O)n1C. The van der Waals surface area contributed by atoms with Crippen molar-refractivity contribution < 1.29 is 5.11 Å². The zero-order valence-electron chi connectivity index (χ0n) is 7.86. The molecule has 1 aliphatic heterocycles. The Labute approximate surface area is 76.8 Å². The van der Waals surface area contributed by atoms with Crippen LogP contribution in [0.1, 0.15) is 17.6 Å². The number of aromatic nitrogens is 3. The first-order chi connectivity index (χ1) is 6.20. The van der Waals surface area contributed by atoms with Crippen LogP contribution in [0.4, 0.5) is 0 Å². The Hall–Kier alpha value is -0.940. The molecule has 0 bridgehead atoms. The third-order valence-corrected chi connectivity index (χ3v) is 2.64. The van der Waals surface area contributed by atoms with Crippen molar-refractivity contribution in [3.8, 4) is 0 Å². The molecule has 1 aromatic rings. The number of hydrogen-bond donors (Lipinski definition) is 2. The van der Waals surface area contributed by atoms with E-state index in [0.29, 0.717) is 6.54 Å². The van der Waals surface area contributed by atoms with Gasteiger partial charge in [-0.3, -0.25) is 0 Å². The van der Waals surface area contributed by atoms with Crippen LogP contribution in [0.5, 0.6) is 0 Å². The van der Waals surface area contributed by atoms with Crippen molar-refractivity contribution in [3.63, 3.8) is 0 Å². The zero-order chi connectivity index (χ0) is 9.42. The standard InChI is InChI=1S/C8H14N4O/c1-5-10-11-8(12(5)2)6-3-9-4-7(6)13/h6-7,9,13H,3-4H2,1-2H3. The first-order valence-corrected chi connectivity index (χ1v) is 4.45. The highest BCUT2D eigenvalue weighted by atomic mass is 16.3. The third kappa shape index (κ3) is 1.34. The Bertz CT molecular complexity index is 309. The average Bonchev–Trinajstić information content (AvgIpc) is 2.62. The molecule has 72 valence electrons. The largest absolute Gasteiger partial charge is 0.391 e. The minimum atomic E-state index is -0.331. The van der Waals surface area contributed by atoms with Gasteiger partial charge in [-0.2, -0.15) is 0 Å². The molecular weight excluding hydrogens is 168 g/mol. The van der Waals surface area contributed by atoms with Crippen LogP contribution in [0.15, 0.2) is 0 Å². The lowest BCUT2D eigenvalue weighted by Crippen LogP contribution is -2.19. The Kier molecular flexibility index (Phi) is 2.05. The van der Waals surface area contributed by atoms with E-state index < -0.39 is 0 Å². The summed E-state index contributed by atoms with van der Waals surface area (Å²) in [5, 5.41) is 20.8. The van der Waals surface area contributed by atoms with E-state index in [4.69, 9.17) is 0 Å². The summed E-state index contributed by atoms with van der Waals surface area (Å²) in [6, 6.07) is 0. The Morgan fingerprint density at radius 2 is 2.23 bits per heavy atom. The first-order valence-electron chi connectivity index (χ1n) is 4.45. The van der Waals surface area contributed by atoms with E-state index in [1.165, 1.54) is 0 Å². The molecule has 0 saturated carbocycles. The predicted octanol–water partition coefficient (Wildman–Crippen LogP) is -0.829. The monoisotopic (exact) mass is 182 g/mol. The third-order valence-electron chi connectivity index (χ3n) is 2.64. The molecule has 2 unspecified atom stereocenters. The lowest BCUT2D eigenvalue weighted by molar-refractivity contribution is 0.173. The van der Waals surface area contributed by atoms with E-state index in [-0.39, 0.29) is 12.0 Å². The summed E-state index contributed by atoms with van der Waals surface area (Å²) in [7, 11) is 1.93. The van der Waals surface area contributed by atoms with Crippen molar-refractivity contribution in [1.82, 2.24) is 20.1 Å². The van der Waals surface area contributed by atoms with E-state index in [2.05, 4.69) is 15.5 Å².